The fourth-order valence-electron chi connectivity index (χ4n) is 2.61. The van der Waals surface area contributed by atoms with E-state index in [0.717, 1.165) is 22.5 Å². The van der Waals surface area contributed by atoms with E-state index in [2.05, 4.69) is 51.6 Å². The molecular formula is C19H16N4O. The molecule has 0 aliphatic rings. The summed E-state index contributed by atoms with van der Waals surface area (Å²) in [7, 11) is 0. The molecule has 2 aromatic carbocycles. The molecule has 4 aromatic rings. The van der Waals surface area contributed by atoms with Crippen molar-refractivity contribution >= 4 is 16.9 Å². The number of aromatic nitrogens is 3. The van der Waals surface area contributed by atoms with E-state index in [1.807, 2.05) is 30.3 Å². The SMILES string of the molecule is Cc1ccc(-c2noc3ncnc(NCc4ccccc4)c23)cc1. The molecule has 0 spiro atoms. The quantitative estimate of drug-likeness (QED) is 0.611. The van der Waals surface area contributed by atoms with Gasteiger partial charge in [0.2, 0.25) is 0 Å². The zero-order valence-corrected chi connectivity index (χ0v) is 13.2. The van der Waals surface area contributed by atoms with E-state index in [0.29, 0.717) is 12.3 Å². The lowest BCUT2D eigenvalue weighted by molar-refractivity contribution is 0.451. The zero-order valence-electron chi connectivity index (χ0n) is 13.2. The van der Waals surface area contributed by atoms with Crippen molar-refractivity contribution in [1.82, 2.24) is 15.1 Å². The molecule has 0 bridgehead atoms. The number of nitrogens with zero attached hydrogens (tertiary/aromatic N) is 3. The van der Waals surface area contributed by atoms with Crippen LogP contribution in [0.1, 0.15) is 11.1 Å². The van der Waals surface area contributed by atoms with Crippen LogP contribution in [0.4, 0.5) is 5.82 Å². The molecular weight excluding hydrogens is 300 g/mol. The number of anilines is 1. The summed E-state index contributed by atoms with van der Waals surface area (Å²) in [5, 5.41) is 8.36. The predicted molar refractivity (Wildman–Crippen MR) is 93.5 cm³/mol. The highest BCUT2D eigenvalue weighted by Crippen LogP contribution is 2.31. The smallest absolute Gasteiger partial charge is 0.263 e. The normalized spacial score (nSPS) is 10.9. The Morgan fingerprint density at radius 3 is 2.54 bits per heavy atom. The summed E-state index contributed by atoms with van der Waals surface area (Å²) >= 11 is 0. The minimum absolute atomic E-state index is 0.483. The number of hydrogen-bond donors (Lipinski definition) is 1. The number of fused-ring (bicyclic) bond motifs is 1. The van der Waals surface area contributed by atoms with Gasteiger partial charge in [-0.05, 0) is 12.5 Å². The second-order valence-corrected chi connectivity index (χ2v) is 5.64. The highest BCUT2D eigenvalue weighted by atomic mass is 16.5. The van der Waals surface area contributed by atoms with Gasteiger partial charge in [0.15, 0.2) is 0 Å². The molecule has 0 amide bonds. The van der Waals surface area contributed by atoms with Gasteiger partial charge in [-0.2, -0.15) is 4.98 Å². The second kappa shape index (κ2) is 6.12. The summed E-state index contributed by atoms with van der Waals surface area (Å²) in [5.74, 6) is 0.723. The van der Waals surface area contributed by atoms with Crippen molar-refractivity contribution in [3.8, 4) is 11.3 Å². The Bertz CT molecular complexity index is 962. The molecule has 24 heavy (non-hydrogen) atoms. The Kier molecular flexibility index (Phi) is 3.67. The van der Waals surface area contributed by atoms with Crippen molar-refractivity contribution in [2.45, 2.75) is 13.5 Å². The maximum atomic E-state index is 5.39. The maximum Gasteiger partial charge on any atom is 0.263 e. The second-order valence-electron chi connectivity index (χ2n) is 5.64. The maximum absolute atomic E-state index is 5.39. The molecule has 0 saturated carbocycles. The summed E-state index contributed by atoms with van der Waals surface area (Å²) in [5.41, 5.74) is 4.59. The summed E-state index contributed by atoms with van der Waals surface area (Å²) < 4.78 is 5.39. The van der Waals surface area contributed by atoms with Gasteiger partial charge in [-0.3, -0.25) is 0 Å². The summed E-state index contributed by atoms with van der Waals surface area (Å²) in [6.07, 6.45) is 1.49. The van der Waals surface area contributed by atoms with E-state index >= 15 is 0 Å². The van der Waals surface area contributed by atoms with Gasteiger partial charge in [0, 0.05) is 12.1 Å². The van der Waals surface area contributed by atoms with Crippen LogP contribution in [0.2, 0.25) is 0 Å². The first-order valence-corrected chi connectivity index (χ1v) is 7.76. The minimum Gasteiger partial charge on any atom is -0.365 e. The standard InChI is InChI=1S/C19H16N4O/c1-13-7-9-15(10-8-13)17-16-18(21-12-22-19(16)24-23-17)20-11-14-5-3-2-4-6-14/h2-10,12H,11H2,1H3,(H,20,21,22). The molecule has 4 rings (SSSR count). The first-order chi connectivity index (χ1) is 11.8. The van der Waals surface area contributed by atoms with E-state index in [-0.39, 0.29) is 0 Å². The average Bonchev–Trinajstić information content (AvgIpc) is 3.06. The first-order valence-electron chi connectivity index (χ1n) is 7.76. The van der Waals surface area contributed by atoms with Gasteiger partial charge < -0.3 is 9.84 Å². The fraction of sp³-hybridized carbons (Fsp3) is 0.105. The topological polar surface area (TPSA) is 63.8 Å². The van der Waals surface area contributed by atoms with Gasteiger partial charge in [-0.15, -0.1) is 0 Å². The van der Waals surface area contributed by atoms with E-state index in [4.69, 9.17) is 4.52 Å². The monoisotopic (exact) mass is 316 g/mol. The highest BCUT2D eigenvalue weighted by Gasteiger charge is 2.16. The number of nitrogens with one attached hydrogen (secondary N) is 1. The van der Waals surface area contributed by atoms with Crippen LogP contribution < -0.4 is 5.32 Å². The molecule has 0 atom stereocenters. The third-order valence-electron chi connectivity index (χ3n) is 3.90. The number of benzene rings is 2. The van der Waals surface area contributed by atoms with Gasteiger partial charge in [-0.1, -0.05) is 65.3 Å². The Balaban J connectivity index is 1.73. The lowest BCUT2D eigenvalue weighted by atomic mass is 10.1. The van der Waals surface area contributed by atoms with Crippen molar-refractivity contribution in [3.63, 3.8) is 0 Å². The molecule has 0 fully saturated rings. The molecule has 0 radical (unpaired) electrons. The largest absolute Gasteiger partial charge is 0.365 e. The van der Waals surface area contributed by atoms with Crippen LogP contribution >= 0.6 is 0 Å². The van der Waals surface area contributed by atoms with E-state index in [9.17, 15) is 0 Å². The average molecular weight is 316 g/mol. The fourth-order valence-corrected chi connectivity index (χ4v) is 2.61. The molecule has 2 aromatic heterocycles. The minimum atomic E-state index is 0.483. The molecule has 0 saturated heterocycles. The van der Waals surface area contributed by atoms with Crippen molar-refractivity contribution in [3.05, 3.63) is 72.1 Å². The van der Waals surface area contributed by atoms with Crippen molar-refractivity contribution in [2.24, 2.45) is 0 Å². The molecule has 1 N–H and O–H groups in total. The molecule has 0 aliphatic carbocycles. The number of aryl methyl sites for hydroxylation is 1. The summed E-state index contributed by atoms with van der Waals surface area (Å²) in [4.78, 5) is 8.56. The van der Waals surface area contributed by atoms with Crippen LogP contribution in [0.5, 0.6) is 0 Å². The van der Waals surface area contributed by atoms with Gasteiger partial charge in [0.05, 0.1) is 0 Å². The third kappa shape index (κ3) is 2.72. The van der Waals surface area contributed by atoms with Crippen LogP contribution in [-0.4, -0.2) is 15.1 Å². The summed E-state index contributed by atoms with van der Waals surface area (Å²) in [6.45, 7) is 2.73. The van der Waals surface area contributed by atoms with Crippen LogP contribution in [-0.2, 0) is 6.54 Å². The lowest BCUT2D eigenvalue weighted by Gasteiger charge is -2.07. The molecule has 118 valence electrons. The van der Waals surface area contributed by atoms with Gasteiger partial charge >= 0.3 is 0 Å². The molecule has 0 unspecified atom stereocenters. The Morgan fingerprint density at radius 2 is 1.75 bits per heavy atom. The van der Waals surface area contributed by atoms with Crippen LogP contribution in [0, 0.1) is 6.92 Å². The van der Waals surface area contributed by atoms with Crippen molar-refractivity contribution in [1.29, 1.82) is 0 Å². The van der Waals surface area contributed by atoms with Crippen LogP contribution in [0.3, 0.4) is 0 Å². The number of rotatable bonds is 4. The Labute approximate surface area is 139 Å². The van der Waals surface area contributed by atoms with E-state index in [1.165, 1.54) is 17.5 Å². The molecule has 2 heterocycles. The lowest BCUT2D eigenvalue weighted by Crippen LogP contribution is -2.02. The van der Waals surface area contributed by atoms with Crippen LogP contribution in [0.25, 0.3) is 22.4 Å². The van der Waals surface area contributed by atoms with Crippen molar-refractivity contribution in [2.75, 3.05) is 5.32 Å². The molecule has 5 nitrogen and oxygen atoms in total. The van der Waals surface area contributed by atoms with Gasteiger partial charge in [0.25, 0.3) is 5.71 Å². The Hall–Kier alpha value is -3.21. The third-order valence-corrected chi connectivity index (χ3v) is 3.90. The highest BCUT2D eigenvalue weighted by molar-refractivity contribution is 5.97. The van der Waals surface area contributed by atoms with E-state index in [1.54, 1.807) is 0 Å². The van der Waals surface area contributed by atoms with Gasteiger partial charge in [-0.25, -0.2) is 4.98 Å². The zero-order chi connectivity index (χ0) is 16.4. The molecule has 5 heteroatoms. The van der Waals surface area contributed by atoms with Crippen molar-refractivity contribution < 1.29 is 4.52 Å². The van der Waals surface area contributed by atoms with Crippen LogP contribution in [0.15, 0.2) is 65.4 Å². The van der Waals surface area contributed by atoms with Gasteiger partial charge in [0.1, 0.15) is 23.2 Å². The van der Waals surface area contributed by atoms with E-state index < -0.39 is 0 Å². The number of hydrogen-bond acceptors (Lipinski definition) is 5. The first kappa shape index (κ1) is 14.4. The Morgan fingerprint density at radius 1 is 0.958 bits per heavy atom. The summed E-state index contributed by atoms with van der Waals surface area (Å²) in [6, 6.07) is 18.3. The predicted octanol–water partition coefficient (Wildman–Crippen LogP) is 4.21. The molecule has 0 aliphatic heterocycles.